The van der Waals surface area contributed by atoms with Gasteiger partial charge in [-0.3, -0.25) is 9.64 Å². The highest BCUT2D eigenvalue weighted by atomic mass is 19.4. The molecule has 120 valence electrons. The predicted octanol–water partition coefficient (Wildman–Crippen LogP) is 3.01. The molecule has 1 rings (SSSR count). The van der Waals surface area contributed by atoms with Crippen molar-refractivity contribution in [3.8, 4) is 0 Å². The Kier molecular flexibility index (Phi) is 7.26. The smallest absolute Gasteiger partial charge is 0.311 e. The lowest BCUT2D eigenvalue weighted by Crippen LogP contribution is -2.59. The van der Waals surface area contributed by atoms with Gasteiger partial charge in [0.1, 0.15) is 0 Å². The molecule has 0 bridgehead atoms. The van der Waals surface area contributed by atoms with E-state index in [-0.39, 0.29) is 6.61 Å². The van der Waals surface area contributed by atoms with E-state index in [9.17, 15) is 13.2 Å². The third-order valence-electron chi connectivity index (χ3n) is 4.12. The number of halogens is 3. The standard InChI is InChI=1S/C14H27F3N2O/c1-4-6-12-10-19(7-8-20-14(15,16)17)13(9-18-12)11(3)5-2/h11-13,18H,4-10H2,1-3H3. The molecule has 0 aliphatic carbocycles. The monoisotopic (exact) mass is 296 g/mol. The van der Waals surface area contributed by atoms with E-state index in [4.69, 9.17) is 0 Å². The van der Waals surface area contributed by atoms with Gasteiger partial charge in [0.15, 0.2) is 0 Å². The van der Waals surface area contributed by atoms with Crippen LogP contribution in [0.5, 0.6) is 0 Å². The minimum atomic E-state index is -4.53. The van der Waals surface area contributed by atoms with Crippen molar-refractivity contribution in [2.24, 2.45) is 5.92 Å². The first-order chi connectivity index (χ1) is 9.37. The van der Waals surface area contributed by atoms with Gasteiger partial charge in [0.2, 0.25) is 0 Å². The molecule has 1 aliphatic heterocycles. The maximum Gasteiger partial charge on any atom is 0.522 e. The summed E-state index contributed by atoms with van der Waals surface area (Å²) in [6.45, 7) is 8.12. The van der Waals surface area contributed by atoms with Crippen LogP contribution in [0.25, 0.3) is 0 Å². The molecule has 20 heavy (non-hydrogen) atoms. The van der Waals surface area contributed by atoms with Crippen LogP contribution in [-0.2, 0) is 4.74 Å². The second-order valence-corrected chi connectivity index (χ2v) is 5.64. The van der Waals surface area contributed by atoms with Crippen molar-refractivity contribution >= 4 is 0 Å². The molecule has 0 aromatic carbocycles. The lowest BCUT2D eigenvalue weighted by atomic mass is 9.93. The Bertz CT molecular complexity index is 274. The molecule has 1 N–H and O–H groups in total. The average Bonchev–Trinajstić information content (AvgIpc) is 2.37. The summed E-state index contributed by atoms with van der Waals surface area (Å²) in [7, 11) is 0. The molecule has 3 unspecified atom stereocenters. The number of nitrogens with zero attached hydrogens (tertiary/aromatic N) is 1. The molecule has 3 atom stereocenters. The van der Waals surface area contributed by atoms with Crippen LogP contribution < -0.4 is 5.32 Å². The van der Waals surface area contributed by atoms with Gasteiger partial charge < -0.3 is 5.32 Å². The van der Waals surface area contributed by atoms with Gasteiger partial charge in [0.05, 0.1) is 6.61 Å². The first-order valence-electron chi connectivity index (χ1n) is 7.55. The molecular weight excluding hydrogens is 269 g/mol. The van der Waals surface area contributed by atoms with Gasteiger partial charge in [-0.15, -0.1) is 13.2 Å². The van der Waals surface area contributed by atoms with Crippen molar-refractivity contribution < 1.29 is 17.9 Å². The van der Waals surface area contributed by atoms with Crippen LogP contribution in [0.15, 0.2) is 0 Å². The predicted molar refractivity (Wildman–Crippen MR) is 73.5 cm³/mol. The third-order valence-corrected chi connectivity index (χ3v) is 4.12. The fourth-order valence-corrected chi connectivity index (χ4v) is 2.81. The van der Waals surface area contributed by atoms with Gasteiger partial charge in [0.25, 0.3) is 0 Å². The highest BCUT2D eigenvalue weighted by Crippen LogP contribution is 2.21. The van der Waals surface area contributed by atoms with Crippen LogP contribution in [0.4, 0.5) is 13.2 Å². The highest BCUT2D eigenvalue weighted by molar-refractivity contribution is 4.88. The summed E-state index contributed by atoms with van der Waals surface area (Å²) >= 11 is 0. The second kappa shape index (κ2) is 8.20. The van der Waals surface area contributed by atoms with Gasteiger partial charge >= 0.3 is 6.36 Å². The van der Waals surface area contributed by atoms with E-state index < -0.39 is 6.36 Å². The van der Waals surface area contributed by atoms with Crippen molar-refractivity contribution in [2.45, 2.75) is 58.5 Å². The molecule has 1 aliphatic rings. The normalized spacial score (nSPS) is 26.7. The zero-order valence-electron chi connectivity index (χ0n) is 12.7. The van der Waals surface area contributed by atoms with Crippen LogP contribution in [0.3, 0.4) is 0 Å². The van der Waals surface area contributed by atoms with Crippen molar-refractivity contribution in [3.63, 3.8) is 0 Å². The van der Waals surface area contributed by atoms with Gasteiger partial charge in [-0.25, -0.2) is 0 Å². The third kappa shape index (κ3) is 5.97. The van der Waals surface area contributed by atoms with Crippen molar-refractivity contribution in [1.82, 2.24) is 10.2 Å². The zero-order valence-corrected chi connectivity index (χ0v) is 12.7. The van der Waals surface area contributed by atoms with E-state index in [2.05, 4.69) is 35.7 Å². The molecule has 0 amide bonds. The summed E-state index contributed by atoms with van der Waals surface area (Å²) in [6.07, 6.45) is -1.35. The summed E-state index contributed by atoms with van der Waals surface area (Å²) in [4.78, 5) is 2.16. The summed E-state index contributed by atoms with van der Waals surface area (Å²) in [5.41, 5.74) is 0. The van der Waals surface area contributed by atoms with Crippen LogP contribution in [0.1, 0.15) is 40.0 Å². The van der Waals surface area contributed by atoms with Gasteiger partial charge in [0, 0.05) is 31.7 Å². The number of hydrogen-bond acceptors (Lipinski definition) is 3. The highest BCUT2D eigenvalue weighted by Gasteiger charge is 2.32. The second-order valence-electron chi connectivity index (χ2n) is 5.64. The van der Waals surface area contributed by atoms with E-state index >= 15 is 0 Å². The number of ether oxygens (including phenoxy) is 1. The Labute approximate surface area is 119 Å². The number of rotatable bonds is 7. The van der Waals surface area contributed by atoms with E-state index in [1.807, 2.05) is 0 Å². The number of alkyl halides is 3. The molecule has 0 aromatic rings. The lowest BCUT2D eigenvalue weighted by Gasteiger charge is -2.43. The van der Waals surface area contributed by atoms with Gasteiger partial charge in [-0.05, 0) is 12.3 Å². The van der Waals surface area contributed by atoms with Crippen LogP contribution in [-0.4, -0.2) is 49.6 Å². The first-order valence-corrected chi connectivity index (χ1v) is 7.55. The summed E-state index contributed by atoms with van der Waals surface area (Å²) in [5.74, 6) is 0.468. The Hall–Kier alpha value is -0.330. The fourth-order valence-electron chi connectivity index (χ4n) is 2.81. The summed E-state index contributed by atoms with van der Waals surface area (Å²) < 4.78 is 40.2. The maximum absolute atomic E-state index is 12.1. The number of piperazine rings is 1. The van der Waals surface area contributed by atoms with Crippen molar-refractivity contribution in [2.75, 3.05) is 26.2 Å². The van der Waals surface area contributed by atoms with E-state index in [1.54, 1.807) is 0 Å². The largest absolute Gasteiger partial charge is 0.522 e. The molecule has 6 heteroatoms. The van der Waals surface area contributed by atoms with E-state index in [1.165, 1.54) is 0 Å². The van der Waals surface area contributed by atoms with Crippen molar-refractivity contribution in [1.29, 1.82) is 0 Å². The first kappa shape index (κ1) is 17.7. The molecule has 0 aromatic heterocycles. The molecule has 0 radical (unpaired) electrons. The Morgan fingerprint density at radius 1 is 1.35 bits per heavy atom. The summed E-state index contributed by atoms with van der Waals surface area (Å²) in [5, 5.41) is 3.52. The molecule has 0 spiro atoms. The van der Waals surface area contributed by atoms with Crippen molar-refractivity contribution in [3.05, 3.63) is 0 Å². The zero-order chi connectivity index (χ0) is 15.2. The number of nitrogens with one attached hydrogen (secondary N) is 1. The topological polar surface area (TPSA) is 24.5 Å². The molecule has 1 fully saturated rings. The molecular formula is C14H27F3N2O. The van der Waals surface area contributed by atoms with Gasteiger partial charge in [-0.2, -0.15) is 0 Å². The van der Waals surface area contributed by atoms with Gasteiger partial charge in [-0.1, -0.05) is 33.6 Å². The Balaban J connectivity index is 2.52. The van der Waals surface area contributed by atoms with Crippen LogP contribution in [0, 0.1) is 5.92 Å². The average molecular weight is 296 g/mol. The minimum Gasteiger partial charge on any atom is -0.311 e. The Morgan fingerprint density at radius 3 is 2.60 bits per heavy atom. The number of hydrogen-bond donors (Lipinski definition) is 1. The molecule has 1 saturated heterocycles. The van der Waals surface area contributed by atoms with Crippen LogP contribution >= 0.6 is 0 Å². The summed E-state index contributed by atoms with van der Waals surface area (Å²) in [6, 6.07) is 0.677. The molecule has 0 saturated carbocycles. The quantitative estimate of drug-likeness (QED) is 0.781. The SMILES string of the molecule is CCCC1CN(CCOC(F)(F)F)C(C(C)CC)CN1. The molecule has 1 heterocycles. The van der Waals surface area contributed by atoms with E-state index in [0.717, 1.165) is 32.4 Å². The lowest BCUT2D eigenvalue weighted by molar-refractivity contribution is -0.325. The minimum absolute atomic E-state index is 0.282. The molecule has 3 nitrogen and oxygen atoms in total. The maximum atomic E-state index is 12.1. The van der Waals surface area contributed by atoms with E-state index in [0.29, 0.717) is 24.5 Å². The Morgan fingerprint density at radius 2 is 2.05 bits per heavy atom. The fraction of sp³-hybridized carbons (Fsp3) is 1.00. The van der Waals surface area contributed by atoms with Crippen LogP contribution in [0.2, 0.25) is 0 Å².